The molecule has 1 aromatic carbocycles. The zero-order valence-electron chi connectivity index (χ0n) is 19.8. The smallest absolute Gasteiger partial charge is 0.224 e. The number of primary amides is 1. The number of imidazole rings is 1. The van der Waals surface area contributed by atoms with Crippen molar-refractivity contribution in [3.05, 3.63) is 34.2 Å². The summed E-state index contributed by atoms with van der Waals surface area (Å²) in [5.41, 5.74) is 6.25. The molecule has 0 aliphatic heterocycles. The number of fused-ring (bicyclic) bond motifs is 1. The van der Waals surface area contributed by atoms with E-state index in [-0.39, 0.29) is 39.8 Å². The van der Waals surface area contributed by atoms with Crippen LogP contribution in [0.15, 0.2) is 18.3 Å². The number of rotatable bonds is 6. The van der Waals surface area contributed by atoms with Gasteiger partial charge >= 0.3 is 0 Å². The highest BCUT2D eigenvalue weighted by Crippen LogP contribution is 2.43. The van der Waals surface area contributed by atoms with E-state index in [0.29, 0.717) is 55.2 Å². The monoisotopic (exact) mass is 535 g/mol. The third-order valence-electron chi connectivity index (χ3n) is 7.43. The number of hydrogen-bond donors (Lipinski definition) is 4. The minimum atomic E-state index is -0.607. The molecule has 0 saturated heterocycles. The highest BCUT2D eigenvalue weighted by molar-refractivity contribution is 6.36. The highest BCUT2D eigenvalue weighted by Gasteiger charge is 2.38. The Morgan fingerprint density at radius 2 is 1.97 bits per heavy atom. The van der Waals surface area contributed by atoms with Gasteiger partial charge < -0.3 is 21.5 Å². The molecule has 12 heteroatoms. The first-order valence-corrected chi connectivity index (χ1v) is 12.8. The van der Waals surface area contributed by atoms with Gasteiger partial charge in [-0.1, -0.05) is 30.1 Å². The molecule has 0 bridgehead atoms. The fraction of sp³-hybridized carbons (Fsp3) is 0.500. The van der Waals surface area contributed by atoms with Crippen LogP contribution in [0.3, 0.4) is 0 Å². The summed E-state index contributed by atoms with van der Waals surface area (Å²) in [6, 6.07) is 2.66. The summed E-state index contributed by atoms with van der Waals surface area (Å²) < 4.78 is 16.7. The number of anilines is 3. The zero-order chi connectivity index (χ0) is 25.6. The van der Waals surface area contributed by atoms with Crippen molar-refractivity contribution < 1.29 is 14.3 Å². The van der Waals surface area contributed by atoms with E-state index in [1.807, 2.05) is 11.5 Å². The second-order valence-electron chi connectivity index (χ2n) is 10.0. The van der Waals surface area contributed by atoms with E-state index < -0.39 is 11.2 Å². The number of hydrogen-bond acceptors (Lipinski definition) is 7. The molecule has 1 amide bonds. The van der Waals surface area contributed by atoms with E-state index in [1.54, 1.807) is 6.20 Å². The maximum absolute atomic E-state index is 14.8. The Kier molecular flexibility index (Phi) is 6.69. The maximum atomic E-state index is 14.8. The highest BCUT2D eigenvalue weighted by atomic mass is 35.5. The Labute approximate surface area is 217 Å². The number of nitrogens with one attached hydrogen (secondary N) is 2. The Morgan fingerprint density at radius 1 is 1.22 bits per heavy atom. The molecular weight excluding hydrogens is 508 g/mol. The van der Waals surface area contributed by atoms with E-state index in [0.717, 1.165) is 12.8 Å². The van der Waals surface area contributed by atoms with Gasteiger partial charge in [0.1, 0.15) is 11.3 Å². The number of halogens is 3. The van der Waals surface area contributed by atoms with Crippen molar-refractivity contribution in [1.29, 1.82) is 0 Å². The number of aliphatic hydroxyl groups excluding tert-OH is 1. The van der Waals surface area contributed by atoms with Crippen LogP contribution in [0, 0.1) is 11.2 Å². The van der Waals surface area contributed by atoms with Gasteiger partial charge in [0, 0.05) is 22.5 Å². The first-order chi connectivity index (χ1) is 17.1. The van der Waals surface area contributed by atoms with Gasteiger partial charge in [-0.2, -0.15) is 4.98 Å². The topological polar surface area (TPSA) is 131 Å². The van der Waals surface area contributed by atoms with Crippen LogP contribution < -0.4 is 16.4 Å². The van der Waals surface area contributed by atoms with Gasteiger partial charge in [0.25, 0.3) is 0 Å². The van der Waals surface area contributed by atoms with E-state index >= 15 is 0 Å². The second kappa shape index (κ2) is 9.64. The molecule has 2 fully saturated rings. The predicted octanol–water partition coefficient (Wildman–Crippen LogP) is 4.95. The number of aliphatic hydroxyl groups is 1. The molecule has 0 radical (unpaired) electrons. The van der Waals surface area contributed by atoms with Crippen LogP contribution in [-0.4, -0.2) is 42.7 Å². The number of carbonyl (C=O) groups excluding carboxylic acids is 1. The second-order valence-corrected chi connectivity index (χ2v) is 10.9. The molecule has 5 N–H and O–H groups in total. The van der Waals surface area contributed by atoms with Crippen LogP contribution in [0.4, 0.5) is 22.0 Å². The van der Waals surface area contributed by atoms with Crippen molar-refractivity contribution in [2.75, 3.05) is 10.6 Å². The first kappa shape index (κ1) is 25.0. The molecule has 5 rings (SSSR count). The van der Waals surface area contributed by atoms with Gasteiger partial charge in [-0.15, -0.1) is 0 Å². The molecule has 9 nitrogen and oxygen atoms in total. The van der Waals surface area contributed by atoms with Crippen molar-refractivity contribution in [3.63, 3.8) is 0 Å². The summed E-state index contributed by atoms with van der Waals surface area (Å²) in [4.78, 5) is 25.8. The number of benzene rings is 1. The molecule has 3 aromatic rings. The largest absolute Gasteiger partial charge is 0.393 e. The SMILES string of the molecule is C[C@]1(C(N)=O)CC[C@@H](n2c(Nc3c(F)cc(Cl)cc3Cl)nc3cnc(N[C@H]4CC[C@H](O)C4)nc32)CC1. The number of aromatic nitrogens is 4. The quantitative estimate of drug-likeness (QED) is 0.351. The zero-order valence-corrected chi connectivity index (χ0v) is 21.3. The van der Waals surface area contributed by atoms with E-state index in [1.165, 1.54) is 12.1 Å². The minimum absolute atomic E-state index is 0.0571. The van der Waals surface area contributed by atoms with Gasteiger partial charge in [-0.25, -0.2) is 14.4 Å². The Balaban J connectivity index is 1.53. The average molecular weight is 536 g/mol. The summed E-state index contributed by atoms with van der Waals surface area (Å²) in [5.74, 6) is -0.118. The van der Waals surface area contributed by atoms with Gasteiger partial charge in [0.05, 0.1) is 23.0 Å². The molecule has 2 aliphatic carbocycles. The van der Waals surface area contributed by atoms with Crippen molar-refractivity contribution in [3.8, 4) is 0 Å². The molecular formula is C24H28Cl2FN7O2. The Bertz CT molecular complexity index is 1290. The summed E-state index contributed by atoms with van der Waals surface area (Å²) in [6.07, 6.45) is 6.04. The lowest BCUT2D eigenvalue weighted by atomic mass is 9.73. The number of nitrogens with two attached hydrogens (primary N) is 1. The molecule has 2 aliphatic rings. The lowest BCUT2D eigenvalue weighted by molar-refractivity contribution is -0.128. The lowest BCUT2D eigenvalue weighted by Crippen LogP contribution is -2.38. The average Bonchev–Trinajstić information content (AvgIpc) is 3.39. The molecule has 2 aromatic heterocycles. The van der Waals surface area contributed by atoms with Crippen LogP contribution in [-0.2, 0) is 4.79 Å². The summed E-state index contributed by atoms with van der Waals surface area (Å²) in [6.45, 7) is 1.89. The van der Waals surface area contributed by atoms with Gasteiger partial charge in [-0.3, -0.25) is 9.36 Å². The van der Waals surface area contributed by atoms with Crippen LogP contribution in [0.5, 0.6) is 0 Å². The summed E-state index contributed by atoms with van der Waals surface area (Å²) in [7, 11) is 0. The maximum Gasteiger partial charge on any atom is 0.224 e. The first-order valence-electron chi connectivity index (χ1n) is 12.0. The van der Waals surface area contributed by atoms with Crippen molar-refractivity contribution in [1.82, 2.24) is 19.5 Å². The van der Waals surface area contributed by atoms with Gasteiger partial charge in [0.15, 0.2) is 5.65 Å². The van der Waals surface area contributed by atoms with Crippen molar-refractivity contribution >= 4 is 57.9 Å². The van der Waals surface area contributed by atoms with E-state index in [9.17, 15) is 14.3 Å². The predicted molar refractivity (Wildman–Crippen MR) is 137 cm³/mol. The Hall–Kier alpha value is -2.69. The van der Waals surface area contributed by atoms with Crippen LogP contribution in [0.1, 0.15) is 57.9 Å². The van der Waals surface area contributed by atoms with Crippen LogP contribution >= 0.6 is 23.2 Å². The van der Waals surface area contributed by atoms with E-state index in [4.69, 9.17) is 33.9 Å². The fourth-order valence-corrected chi connectivity index (χ4v) is 5.70. The number of amides is 1. The minimum Gasteiger partial charge on any atom is -0.393 e. The Morgan fingerprint density at radius 3 is 2.61 bits per heavy atom. The third kappa shape index (κ3) is 4.81. The van der Waals surface area contributed by atoms with Gasteiger partial charge in [-0.05, 0) is 57.1 Å². The molecule has 0 spiro atoms. The van der Waals surface area contributed by atoms with Gasteiger partial charge in [0.2, 0.25) is 17.8 Å². The summed E-state index contributed by atoms with van der Waals surface area (Å²) in [5, 5.41) is 16.5. The molecule has 36 heavy (non-hydrogen) atoms. The van der Waals surface area contributed by atoms with Crippen LogP contribution in [0.2, 0.25) is 10.0 Å². The molecule has 2 heterocycles. The summed E-state index contributed by atoms with van der Waals surface area (Å²) >= 11 is 12.2. The van der Waals surface area contributed by atoms with E-state index in [2.05, 4.69) is 20.6 Å². The fourth-order valence-electron chi connectivity index (χ4n) is 5.18. The third-order valence-corrected chi connectivity index (χ3v) is 7.95. The number of carbonyl (C=O) groups is 1. The van der Waals surface area contributed by atoms with Crippen LogP contribution in [0.25, 0.3) is 11.2 Å². The molecule has 2 saturated carbocycles. The lowest BCUT2D eigenvalue weighted by Gasteiger charge is -2.35. The molecule has 192 valence electrons. The molecule has 2 atom stereocenters. The standard InChI is InChI=1S/C24H28Cl2FN7O2/c1-24(21(28)36)6-4-14(5-7-24)34-20-18(11-29-22(33-20)30-13-2-3-15(35)10-13)31-23(34)32-19-16(26)8-12(25)9-17(19)27/h8-9,11,13-15,35H,2-7,10H2,1H3,(H2,28,36)(H,31,32)(H,29,30,33)/t13-,14-,15-,24+/m0/s1. The number of nitrogens with zero attached hydrogens (tertiary/aromatic N) is 4. The normalized spacial score (nSPS) is 26.3. The van der Waals surface area contributed by atoms with Crippen molar-refractivity contribution in [2.45, 2.75) is 70.1 Å². The molecule has 0 unspecified atom stereocenters. The van der Waals surface area contributed by atoms with Crippen molar-refractivity contribution in [2.24, 2.45) is 11.1 Å².